The van der Waals surface area contributed by atoms with E-state index in [1.807, 2.05) is 12.1 Å². The van der Waals surface area contributed by atoms with Crippen molar-refractivity contribution in [2.75, 3.05) is 49.5 Å². The number of nitrogens with one attached hydrogen (secondary N) is 1. The molecule has 0 spiro atoms. The number of carbonyl (C=O) groups excluding carboxylic acids is 2. The number of hydrogen-bond donors (Lipinski definition) is 1. The van der Waals surface area contributed by atoms with E-state index in [0.29, 0.717) is 26.2 Å². The Morgan fingerprint density at radius 1 is 1.04 bits per heavy atom. The number of carbonyl (C=O) groups is 2. The average molecular weight is 330 g/mol. The molecule has 2 heterocycles. The van der Waals surface area contributed by atoms with Crippen LogP contribution in [0.3, 0.4) is 0 Å². The van der Waals surface area contributed by atoms with Gasteiger partial charge in [0.1, 0.15) is 0 Å². The van der Waals surface area contributed by atoms with E-state index in [9.17, 15) is 9.59 Å². The number of hydrogen-bond acceptors (Lipinski definition) is 3. The predicted molar refractivity (Wildman–Crippen MR) is 95.3 cm³/mol. The quantitative estimate of drug-likeness (QED) is 0.865. The minimum absolute atomic E-state index is 0.0971. The van der Waals surface area contributed by atoms with Gasteiger partial charge < -0.3 is 20.0 Å². The molecular formula is C18H26N4O2. The smallest absolute Gasteiger partial charge is 0.321 e. The Morgan fingerprint density at radius 2 is 1.67 bits per heavy atom. The van der Waals surface area contributed by atoms with Gasteiger partial charge in [-0.25, -0.2) is 4.79 Å². The van der Waals surface area contributed by atoms with Crippen LogP contribution >= 0.6 is 0 Å². The van der Waals surface area contributed by atoms with E-state index in [2.05, 4.69) is 29.3 Å². The van der Waals surface area contributed by atoms with Gasteiger partial charge in [0.25, 0.3) is 0 Å². The SMILES string of the molecule is CC1CCN(c2ccc(NC(=O)N3CCN(C=O)CC3)cc2)CC1. The lowest BCUT2D eigenvalue weighted by molar-refractivity contribution is -0.119. The van der Waals surface area contributed by atoms with Crippen LogP contribution in [-0.4, -0.2) is 61.5 Å². The molecular weight excluding hydrogens is 304 g/mol. The second kappa shape index (κ2) is 7.55. The van der Waals surface area contributed by atoms with Crippen molar-refractivity contribution < 1.29 is 9.59 Å². The summed E-state index contributed by atoms with van der Waals surface area (Å²) in [5.41, 5.74) is 2.03. The van der Waals surface area contributed by atoms with Crippen molar-refractivity contribution in [2.45, 2.75) is 19.8 Å². The summed E-state index contributed by atoms with van der Waals surface area (Å²) in [5.74, 6) is 0.819. The van der Waals surface area contributed by atoms with Crippen LogP contribution in [0.15, 0.2) is 24.3 Å². The summed E-state index contributed by atoms with van der Waals surface area (Å²) in [7, 11) is 0. The highest BCUT2D eigenvalue weighted by molar-refractivity contribution is 5.89. The van der Waals surface area contributed by atoms with Gasteiger partial charge in [0.15, 0.2) is 0 Å². The van der Waals surface area contributed by atoms with E-state index >= 15 is 0 Å². The van der Waals surface area contributed by atoms with Crippen molar-refractivity contribution in [1.29, 1.82) is 0 Å². The molecule has 6 heteroatoms. The van der Waals surface area contributed by atoms with Crippen molar-refractivity contribution >= 4 is 23.8 Å². The van der Waals surface area contributed by atoms with E-state index in [1.54, 1.807) is 9.80 Å². The Morgan fingerprint density at radius 3 is 2.25 bits per heavy atom. The van der Waals surface area contributed by atoms with Gasteiger partial charge in [0, 0.05) is 50.6 Å². The number of urea groups is 1. The van der Waals surface area contributed by atoms with Crippen LogP contribution in [-0.2, 0) is 4.79 Å². The molecule has 0 aromatic heterocycles. The molecule has 24 heavy (non-hydrogen) atoms. The zero-order valence-electron chi connectivity index (χ0n) is 14.3. The van der Waals surface area contributed by atoms with Crippen molar-refractivity contribution in [1.82, 2.24) is 9.80 Å². The first-order valence-corrected chi connectivity index (χ1v) is 8.76. The Labute approximate surface area is 143 Å². The number of piperidine rings is 1. The van der Waals surface area contributed by atoms with Crippen molar-refractivity contribution in [2.24, 2.45) is 5.92 Å². The Hall–Kier alpha value is -2.24. The van der Waals surface area contributed by atoms with Crippen LogP contribution in [0.25, 0.3) is 0 Å². The molecule has 0 atom stereocenters. The third-order valence-corrected chi connectivity index (χ3v) is 5.02. The normalized spacial score (nSPS) is 19.3. The maximum Gasteiger partial charge on any atom is 0.321 e. The molecule has 3 rings (SSSR count). The summed E-state index contributed by atoms with van der Waals surface area (Å²) in [6.45, 7) is 6.88. The molecule has 1 N–H and O–H groups in total. The molecule has 0 aliphatic carbocycles. The maximum absolute atomic E-state index is 12.3. The highest BCUT2D eigenvalue weighted by Gasteiger charge is 2.20. The van der Waals surface area contributed by atoms with Crippen LogP contribution in [0.1, 0.15) is 19.8 Å². The summed E-state index contributed by atoms with van der Waals surface area (Å²) in [5, 5.41) is 2.94. The highest BCUT2D eigenvalue weighted by atomic mass is 16.2. The van der Waals surface area contributed by atoms with Crippen molar-refractivity contribution in [3.8, 4) is 0 Å². The van der Waals surface area contributed by atoms with E-state index < -0.39 is 0 Å². The lowest BCUT2D eigenvalue weighted by atomic mass is 9.99. The highest BCUT2D eigenvalue weighted by Crippen LogP contribution is 2.24. The summed E-state index contributed by atoms with van der Waals surface area (Å²) >= 11 is 0. The summed E-state index contributed by atoms with van der Waals surface area (Å²) in [4.78, 5) is 28.8. The van der Waals surface area contributed by atoms with Crippen LogP contribution in [0.4, 0.5) is 16.2 Å². The van der Waals surface area contributed by atoms with E-state index in [1.165, 1.54) is 18.5 Å². The number of nitrogens with zero attached hydrogens (tertiary/aromatic N) is 3. The Bertz CT molecular complexity index is 559. The third-order valence-electron chi connectivity index (χ3n) is 5.02. The van der Waals surface area contributed by atoms with Gasteiger partial charge in [-0.2, -0.15) is 0 Å². The molecule has 2 aliphatic rings. The van der Waals surface area contributed by atoms with Gasteiger partial charge in [-0.3, -0.25) is 4.79 Å². The van der Waals surface area contributed by atoms with Crippen molar-refractivity contribution in [3.05, 3.63) is 24.3 Å². The molecule has 2 fully saturated rings. The zero-order valence-corrected chi connectivity index (χ0v) is 14.3. The second-order valence-corrected chi connectivity index (χ2v) is 6.78. The fourth-order valence-electron chi connectivity index (χ4n) is 3.26. The van der Waals surface area contributed by atoms with Gasteiger partial charge in [0.05, 0.1) is 0 Å². The third kappa shape index (κ3) is 3.99. The van der Waals surface area contributed by atoms with Crippen LogP contribution in [0.5, 0.6) is 0 Å². The summed E-state index contributed by atoms with van der Waals surface area (Å²) in [6.07, 6.45) is 3.33. The van der Waals surface area contributed by atoms with Gasteiger partial charge in [-0.05, 0) is 43.0 Å². The maximum atomic E-state index is 12.3. The van der Waals surface area contributed by atoms with Gasteiger partial charge >= 0.3 is 6.03 Å². The Balaban J connectivity index is 1.52. The second-order valence-electron chi connectivity index (χ2n) is 6.78. The molecule has 3 amide bonds. The topological polar surface area (TPSA) is 55.9 Å². The first-order valence-electron chi connectivity index (χ1n) is 8.76. The molecule has 0 unspecified atom stereocenters. The summed E-state index contributed by atoms with van der Waals surface area (Å²) in [6, 6.07) is 7.99. The zero-order chi connectivity index (χ0) is 16.9. The molecule has 130 valence electrons. The van der Waals surface area contributed by atoms with E-state index in [-0.39, 0.29) is 6.03 Å². The molecule has 0 radical (unpaired) electrons. The van der Waals surface area contributed by atoms with Crippen LogP contribution in [0, 0.1) is 5.92 Å². The monoisotopic (exact) mass is 330 g/mol. The molecule has 6 nitrogen and oxygen atoms in total. The minimum atomic E-state index is -0.0971. The van der Waals surface area contributed by atoms with Crippen molar-refractivity contribution in [3.63, 3.8) is 0 Å². The number of piperazine rings is 1. The predicted octanol–water partition coefficient (Wildman–Crippen LogP) is 2.23. The molecule has 1 aromatic carbocycles. The fourth-order valence-corrected chi connectivity index (χ4v) is 3.26. The number of benzene rings is 1. The van der Waals surface area contributed by atoms with Crippen LogP contribution in [0.2, 0.25) is 0 Å². The Kier molecular flexibility index (Phi) is 5.23. The number of rotatable bonds is 3. The summed E-state index contributed by atoms with van der Waals surface area (Å²) < 4.78 is 0. The molecule has 0 bridgehead atoms. The minimum Gasteiger partial charge on any atom is -0.372 e. The van der Waals surface area contributed by atoms with Gasteiger partial charge in [-0.1, -0.05) is 6.92 Å². The van der Waals surface area contributed by atoms with Gasteiger partial charge in [-0.15, -0.1) is 0 Å². The molecule has 1 aromatic rings. The first kappa shape index (κ1) is 16.6. The standard InChI is InChI=1S/C18H26N4O2/c1-15-6-8-21(9-7-15)17-4-2-16(3-5-17)19-18(24)22-12-10-20(14-23)11-13-22/h2-5,14-15H,6-13H2,1H3,(H,19,24). The molecule has 2 saturated heterocycles. The first-order chi connectivity index (χ1) is 11.7. The number of amides is 3. The lowest BCUT2D eigenvalue weighted by Gasteiger charge is -2.33. The molecule has 0 saturated carbocycles. The number of anilines is 2. The average Bonchev–Trinajstić information content (AvgIpc) is 2.63. The van der Waals surface area contributed by atoms with Crippen LogP contribution < -0.4 is 10.2 Å². The largest absolute Gasteiger partial charge is 0.372 e. The fraction of sp³-hybridized carbons (Fsp3) is 0.556. The van der Waals surface area contributed by atoms with E-state index in [4.69, 9.17) is 0 Å². The van der Waals surface area contributed by atoms with E-state index in [0.717, 1.165) is 31.1 Å². The molecule has 2 aliphatic heterocycles. The van der Waals surface area contributed by atoms with Gasteiger partial charge in [0.2, 0.25) is 6.41 Å². The lowest BCUT2D eigenvalue weighted by Crippen LogP contribution is -2.49.